The number of carbonyl (C=O) groups excluding carboxylic acids is 1. The van der Waals surface area contributed by atoms with E-state index >= 15 is 0 Å². The van der Waals surface area contributed by atoms with Crippen LogP contribution >= 0.6 is 0 Å². The van der Waals surface area contributed by atoms with Gasteiger partial charge in [0.15, 0.2) is 5.78 Å². The van der Waals surface area contributed by atoms with Crippen molar-refractivity contribution >= 4 is 17.4 Å². The topological polar surface area (TPSA) is 66.4 Å². The van der Waals surface area contributed by atoms with Crippen LogP contribution in [-0.4, -0.2) is 23.9 Å². The van der Waals surface area contributed by atoms with E-state index in [9.17, 15) is 19.1 Å². The number of rotatable bonds is 3. The van der Waals surface area contributed by atoms with Crippen LogP contribution in [0.25, 0.3) is 11.1 Å². The van der Waals surface area contributed by atoms with Crippen LogP contribution in [0.1, 0.15) is 29.3 Å². The lowest BCUT2D eigenvalue weighted by Crippen LogP contribution is -2.30. The van der Waals surface area contributed by atoms with E-state index in [0.29, 0.717) is 27.9 Å². The van der Waals surface area contributed by atoms with Crippen molar-refractivity contribution in [2.24, 2.45) is 0 Å². The van der Waals surface area contributed by atoms with Gasteiger partial charge in [-0.05, 0) is 41.8 Å². The number of carboxylic acids is 1. The Kier molecular flexibility index (Phi) is 3.43. The van der Waals surface area contributed by atoms with Gasteiger partial charge in [0.25, 0.3) is 0 Å². The van der Waals surface area contributed by atoms with E-state index in [2.05, 4.69) is 5.32 Å². The molecule has 0 spiro atoms. The van der Waals surface area contributed by atoms with Crippen molar-refractivity contribution in [1.29, 1.82) is 0 Å². The maximum Gasteiger partial charge on any atom is 0.314 e. The smallest absolute Gasteiger partial charge is 0.314 e. The number of hydrogen-bond acceptors (Lipinski definition) is 3. The minimum Gasteiger partial charge on any atom is -0.481 e. The molecule has 118 valence electrons. The first-order valence-corrected chi connectivity index (χ1v) is 7.25. The molecule has 4 nitrogen and oxygen atoms in total. The Morgan fingerprint density at radius 2 is 1.87 bits per heavy atom. The summed E-state index contributed by atoms with van der Waals surface area (Å²) in [6, 6.07) is 9.80. The van der Waals surface area contributed by atoms with Gasteiger partial charge in [-0.25, -0.2) is 4.39 Å². The molecule has 2 N–H and O–H groups in total. The largest absolute Gasteiger partial charge is 0.481 e. The molecule has 2 aromatic carbocycles. The van der Waals surface area contributed by atoms with Gasteiger partial charge in [-0.2, -0.15) is 0 Å². The number of carbonyl (C=O) groups is 2. The summed E-state index contributed by atoms with van der Waals surface area (Å²) in [6.07, 6.45) is -0.0474. The normalized spacial score (nSPS) is 19.5. The highest BCUT2D eigenvalue weighted by Gasteiger charge is 2.45. The fourth-order valence-corrected chi connectivity index (χ4v) is 3.02. The zero-order valence-electron chi connectivity index (χ0n) is 12.8. The molecule has 3 rings (SSSR count). The third-order valence-electron chi connectivity index (χ3n) is 4.47. The van der Waals surface area contributed by atoms with Crippen LogP contribution in [0.3, 0.4) is 0 Å². The van der Waals surface area contributed by atoms with Crippen LogP contribution in [-0.2, 0) is 10.2 Å². The Morgan fingerprint density at radius 1 is 1.22 bits per heavy atom. The molecule has 0 bridgehead atoms. The van der Waals surface area contributed by atoms with E-state index < -0.39 is 11.4 Å². The van der Waals surface area contributed by atoms with Crippen molar-refractivity contribution in [3.8, 4) is 11.1 Å². The third kappa shape index (κ3) is 2.29. The van der Waals surface area contributed by atoms with Crippen molar-refractivity contribution in [2.75, 3.05) is 12.4 Å². The minimum absolute atomic E-state index is 0.0474. The summed E-state index contributed by atoms with van der Waals surface area (Å²) in [5, 5.41) is 12.2. The summed E-state index contributed by atoms with van der Waals surface area (Å²) in [5.41, 5.74) is 1.41. The Morgan fingerprint density at radius 3 is 2.48 bits per heavy atom. The SMILES string of the molecule is CNc1ccc(-c2ccc3c(c2)C(C)(C(=O)O)CC3=O)cc1F. The summed E-state index contributed by atoms with van der Waals surface area (Å²) in [7, 11) is 1.64. The van der Waals surface area contributed by atoms with Gasteiger partial charge in [0.05, 0.1) is 11.1 Å². The molecule has 23 heavy (non-hydrogen) atoms. The van der Waals surface area contributed by atoms with Crippen molar-refractivity contribution < 1.29 is 19.1 Å². The van der Waals surface area contributed by atoms with Gasteiger partial charge in [0, 0.05) is 19.0 Å². The molecule has 1 atom stereocenters. The Labute approximate surface area is 133 Å². The van der Waals surface area contributed by atoms with E-state index in [1.54, 1.807) is 44.3 Å². The lowest BCUT2D eigenvalue weighted by atomic mass is 9.83. The van der Waals surface area contributed by atoms with Crippen molar-refractivity contribution in [2.45, 2.75) is 18.8 Å². The second kappa shape index (κ2) is 5.19. The number of aliphatic carboxylic acids is 1. The zero-order valence-corrected chi connectivity index (χ0v) is 12.8. The second-order valence-corrected chi connectivity index (χ2v) is 5.94. The van der Waals surface area contributed by atoms with Gasteiger partial charge < -0.3 is 10.4 Å². The summed E-state index contributed by atoms with van der Waals surface area (Å²) in [5.74, 6) is -1.59. The Hall–Kier alpha value is -2.69. The molecule has 0 heterocycles. The van der Waals surface area contributed by atoms with E-state index in [-0.39, 0.29) is 18.0 Å². The molecule has 0 amide bonds. The number of ketones is 1. The minimum atomic E-state index is -1.23. The fraction of sp³-hybridized carbons (Fsp3) is 0.222. The number of Topliss-reactive ketones (excluding diaryl/α,β-unsaturated/α-hetero) is 1. The van der Waals surface area contributed by atoms with E-state index in [4.69, 9.17) is 0 Å². The van der Waals surface area contributed by atoms with Crippen molar-refractivity contribution in [1.82, 2.24) is 0 Å². The lowest BCUT2D eigenvalue weighted by molar-refractivity contribution is -0.142. The van der Waals surface area contributed by atoms with E-state index in [1.807, 2.05) is 0 Å². The highest BCUT2D eigenvalue weighted by Crippen LogP contribution is 2.41. The molecule has 0 radical (unpaired) electrons. The van der Waals surface area contributed by atoms with Gasteiger partial charge in [-0.1, -0.05) is 18.2 Å². The predicted octanol–water partition coefficient (Wildman–Crippen LogP) is 3.46. The second-order valence-electron chi connectivity index (χ2n) is 5.94. The lowest BCUT2D eigenvalue weighted by Gasteiger charge is -2.19. The maximum atomic E-state index is 13.9. The maximum absolute atomic E-state index is 13.9. The predicted molar refractivity (Wildman–Crippen MR) is 85.3 cm³/mol. The highest BCUT2D eigenvalue weighted by atomic mass is 19.1. The molecule has 0 aromatic heterocycles. The number of hydrogen-bond donors (Lipinski definition) is 2. The van der Waals surface area contributed by atoms with Gasteiger partial charge in [0.2, 0.25) is 0 Å². The van der Waals surface area contributed by atoms with Crippen molar-refractivity contribution in [3.63, 3.8) is 0 Å². The molecule has 2 aromatic rings. The van der Waals surface area contributed by atoms with Gasteiger partial charge in [0.1, 0.15) is 5.82 Å². The van der Waals surface area contributed by atoms with E-state index in [0.717, 1.165) is 0 Å². The highest BCUT2D eigenvalue weighted by molar-refractivity contribution is 6.08. The van der Waals surface area contributed by atoms with Crippen LogP contribution in [0.2, 0.25) is 0 Å². The quantitative estimate of drug-likeness (QED) is 0.910. The first kappa shape index (κ1) is 15.2. The van der Waals surface area contributed by atoms with E-state index in [1.165, 1.54) is 6.07 Å². The molecule has 1 unspecified atom stereocenters. The number of anilines is 1. The first-order chi connectivity index (χ1) is 10.9. The molecule has 0 fully saturated rings. The fourth-order valence-electron chi connectivity index (χ4n) is 3.02. The van der Waals surface area contributed by atoms with Gasteiger partial charge >= 0.3 is 5.97 Å². The van der Waals surface area contributed by atoms with Crippen LogP contribution < -0.4 is 5.32 Å². The molecule has 5 heteroatoms. The third-order valence-corrected chi connectivity index (χ3v) is 4.47. The monoisotopic (exact) mass is 313 g/mol. The zero-order chi connectivity index (χ0) is 16.8. The summed E-state index contributed by atoms with van der Waals surface area (Å²) in [6.45, 7) is 1.55. The number of benzene rings is 2. The molecular weight excluding hydrogens is 297 g/mol. The Bertz CT molecular complexity index is 831. The van der Waals surface area contributed by atoms with Crippen LogP contribution in [0.4, 0.5) is 10.1 Å². The first-order valence-electron chi connectivity index (χ1n) is 7.25. The average molecular weight is 313 g/mol. The Balaban J connectivity index is 2.13. The standard InChI is InChI=1S/C18H16FNO3/c1-18(17(22)23)9-16(21)12-5-3-10(7-13(12)18)11-4-6-15(20-2)14(19)8-11/h3-8,20H,9H2,1-2H3,(H,22,23). The van der Waals surface area contributed by atoms with Crippen LogP contribution in [0.5, 0.6) is 0 Å². The van der Waals surface area contributed by atoms with Crippen LogP contribution in [0, 0.1) is 5.82 Å². The van der Waals surface area contributed by atoms with Gasteiger partial charge in [-0.15, -0.1) is 0 Å². The summed E-state index contributed by atoms with van der Waals surface area (Å²) >= 11 is 0. The number of nitrogens with one attached hydrogen (secondary N) is 1. The summed E-state index contributed by atoms with van der Waals surface area (Å²) in [4.78, 5) is 23.6. The molecule has 0 aliphatic heterocycles. The van der Waals surface area contributed by atoms with Gasteiger partial charge in [-0.3, -0.25) is 9.59 Å². The van der Waals surface area contributed by atoms with Crippen molar-refractivity contribution in [3.05, 3.63) is 53.3 Å². The molecule has 1 aliphatic rings. The number of carboxylic acid groups (broad SMARTS) is 1. The average Bonchev–Trinajstić information content (AvgIpc) is 2.79. The molecule has 0 saturated carbocycles. The summed E-state index contributed by atoms with van der Waals surface area (Å²) < 4.78 is 13.9. The molecule has 0 saturated heterocycles. The number of fused-ring (bicyclic) bond motifs is 1. The molecule has 1 aliphatic carbocycles. The molecular formula is C18H16FNO3. The van der Waals surface area contributed by atoms with Crippen LogP contribution in [0.15, 0.2) is 36.4 Å². The number of halogens is 1.